The molecule has 3 rings (SSSR count). The van der Waals surface area contributed by atoms with E-state index in [0.717, 1.165) is 0 Å². The molecule has 1 aromatic carbocycles. The van der Waals surface area contributed by atoms with Crippen molar-refractivity contribution in [1.82, 2.24) is 4.40 Å². The van der Waals surface area contributed by atoms with Crippen LogP contribution in [-0.4, -0.2) is 4.40 Å². The van der Waals surface area contributed by atoms with Crippen LogP contribution in [0.3, 0.4) is 0 Å². The van der Waals surface area contributed by atoms with E-state index in [0.29, 0.717) is 0 Å². The van der Waals surface area contributed by atoms with Crippen LogP contribution in [0.4, 0.5) is 0 Å². The molecular weight excluding hydrogens is 296 g/mol. The van der Waals surface area contributed by atoms with Gasteiger partial charge in [-0.3, -0.25) is 0 Å². The van der Waals surface area contributed by atoms with Gasteiger partial charge >= 0.3 is 0 Å². The summed E-state index contributed by atoms with van der Waals surface area (Å²) in [5, 5.41) is 2.68. The van der Waals surface area contributed by atoms with Gasteiger partial charge in [-0.05, 0) is 43.2 Å². The topological polar surface area (TPSA) is 8.29 Å². The third kappa shape index (κ3) is 2.93. The Balaban J connectivity index is 0.00000176. The number of hydrogen-bond donors (Lipinski definition) is 0. The zero-order valence-corrected chi connectivity index (χ0v) is 15.0. The molecule has 2 nitrogen and oxygen atoms in total. The SMILES string of the molecule is CC(C)(C)c1cccc2ccn3cc[n+](C(C)(C)C)c3c12.[Ar]. The van der Waals surface area contributed by atoms with Gasteiger partial charge in [0.15, 0.2) is 0 Å². The van der Waals surface area contributed by atoms with Crippen LogP contribution in [0, 0.1) is 37.7 Å². The van der Waals surface area contributed by atoms with Gasteiger partial charge in [-0.25, -0.2) is 8.97 Å². The molecule has 3 aromatic rings. The summed E-state index contributed by atoms with van der Waals surface area (Å²) >= 11 is 0. The van der Waals surface area contributed by atoms with Gasteiger partial charge in [0.25, 0.3) is 5.65 Å². The Morgan fingerprint density at radius 3 is 2.18 bits per heavy atom. The molecule has 0 amide bonds. The molecule has 0 saturated carbocycles. The Morgan fingerprint density at radius 1 is 0.909 bits per heavy atom. The fraction of sp³-hybridized carbons (Fsp3) is 0.421. The Bertz CT molecular complexity index is 817. The maximum absolute atomic E-state index is 2.38. The first-order chi connectivity index (χ1) is 9.69. The minimum atomic E-state index is 0. The molecule has 0 spiro atoms. The minimum Gasteiger partial charge on any atom is -0.225 e. The molecule has 0 radical (unpaired) electrons. The van der Waals surface area contributed by atoms with Crippen molar-refractivity contribution in [3.8, 4) is 0 Å². The van der Waals surface area contributed by atoms with Crippen molar-refractivity contribution in [3.05, 3.63) is 48.4 Å². The summed E-state index contributed by atoms with van der Waals surface area (Å²) in [4.78, 5) is 0. The van der Waals surface area contributed by atoms with Gasteiger partial charge in [0, 0.05) is 37.7 Å². The second-order valence-electron chi connectivity index (χ2n) is 7.91. The number of pyridine rings is 1. The molecule has 0 aliphatic rings. The fourth-order valence-corrected chi connectivity index (χ4v) is 3.06. The van der Waals surface area contributed by atoms with E-state index < -0.39 is 0 Å². The Kier molecular flexibility index (Phi) is 4.70. The van der Waals surface area contributed by atoms with E-state index in [1.54, 1.807) is 0 Å². The second kappa shape index (κ2) is 5.81. The molecule has 0 fully saturated rings. The van der Waals surface area contributed by atoms with Crippen molar-refractivity contribution < 1.29 is 42.3 Å². The van der Waals surface area contributed by atoms with Gasteiger partial charge in [-0.15, -0.1) is 0 Å². The zero-order valence-electron chi connectivity index (χ0n) is 14.3. The molecule has 0 unspecified atom stereocenters. The third-order valence-corrected chi connectivity index (χ3v) is 4.11. The van der Waals surface area contributed by atoms with Crippen LogP contribution in [0.25, 0.3) is 16.4 Å². The van der Waals surface area contributed by atoms with Crippen molar-refractivity contribution in [1.29, 1.82) is 0 Å². The number of benzene rings is 1. The van der Waals surface area contributed by atoms with E-state index in [4.69, 9.17) is 0 Å². The first-order valence-corrected chi connectivity index (χ1v) is 7.64. The van der Waals surface area contributed by atoms with Crippen LogP contribution in [0.2, 0.25) is 0 Å². The van der Waals surface area contributed by atoms with Crippen LogP contribution in [-0.2, 0) is 11.0 Å². The first-order valence-electron chi connectivity index (χ1n) is 7.64. The van der Waals surface area contributed by atoms with E-state index in [2.05, 4.69) is 93.4 Å². The van der Waals surface area contributed by atoms with E-state index >= 15 is 0 Å². The minimum absolute atomic E-state index is 0. The van der Waals surface area contributed by atoms with Crippen LogP contribution < -0.4 is 4.57 Å². The second-order valence-corrected chi connectivity index (χ2v) is 7.91. The number of hydrogen-bond acceptors (Lipinski definition) is 0. The summed E-state index contributed by atoms with van der Waals surface area (Å²) in [6.07, 6.45) is 6.50. The average molecular weight is 321 g/mol. The van der Waals surface area contributed by atoms with Crippen molar-refractivity contribution in [2.75, 3.05) is 0 Å². The Morgan fingerprint density at radius 2 is 1.59 bits per heavy atom. The number of nitrogens with zero attached hydrogens (tertiary/aromatic N) is 2. The summed E-state index contributed by atoms with van der Waals surface area (Å²) in [5.41, 5.74) is 2.88. The van der Waals surface area contributed by atoms with Crippen LogP contribution in [0.15, 0.2) is 42.9 Å². The molecule has 2 heterocycles. The van der Waals surface area contributed by atoms with Crippen molar-refractivity contribution >= 4 is 16.4 Å². The number of rotatable bonds is 0. The van der Waals surface area contributed by atoms with Gasteiger partial charge < -0.3 is 0 Å². The number of imidazole rings is 1. The van der Waals surface area contributed by atoms with Gasteiger partial charge in [0.05, 0.1) is 11.6 Å². The monoisotopic (exact) mass is 321 g/mol. The fourth-order valence-electron chi connectivity index (χ4n) is 3.06. The summed E-state index contributed by atoms with van der Waals surface area (Å²) in [6.45, 7) is 13.6. The predicted molar refractivity (Wildman–Crippen MR) is 88.8 cm³/mol. The smallest absolute Gasteiger partial charge is 0.225 e. The number of aromatic nitrogens is 2. The maximum Gasteiger partial charge on any atom is 0.294 e. The number of fused-ring (bicyclic) bond motifs is 3. The van der Waals surface area contributed by atoms with E-state index in [1.807, 2.05) is 0 Å². The quantitative estimate of drug-likeness (QED) is 0.541. The third-order valence-electron chi connectivity index (χ3n) is 4.11. The molecule has 0 saturated heterocycles. The maximum atomic E-state index is 2.38. The van der Waals surface area contributed by atoms with E-state index in [1.165, 1.54) is 22.0 Å². The summed E-state index contributed by atoms with van der Waals surface area (Å²) in [6, 6.07) is 8.86. The normalized spacial score (nSPS) is 12.6. The molecule has 0 N–H and O–H groups in total. The van der Waals surface area contributed by atoms with Crippen LogP contribution >= 0.6 is 0 Å². The summed E-state index contributed by atoms with van der Waals surface area (Å²) < 4.78 is 4.62. The standard InChI is InChI=1S/C19H25N2.Ar/c1-18(2,3)15-9-7-8-14-10-11-20-12-13-21(19(4,5)6)17(20)16(14)15;/h7-13H,1-6H3;/q+1;. The first kappa shape index (κ1) is 17.8. The van der Waals surface area contributed by atoms with Crippen molar-refractivity contribution in [2.24, 2.45) is 0 Å². The van der Waals surface area contributed by atoms with E-state index in [9.17, 15) is 0 Å². The molecular formula is C19H25ArN2+. The molecule has 3 heteroatoms. The van der Waals surface area contributed by atoms with Gasteiger partial charge in [0.1, 0.15) is 17.9 Å². The molecule has 0 bridgehead atoms. The van der Waals surface area contributed by atoms with Gasteiger partial charge in [-0.1, -0.05) is 39.0 Å². The summed E-state index contributed by atoms with van der Waals surface area (Å²) in [7, 11) is 0. The van der Waals surface area contributed by atoms with Gasteiger partial charge in [0.2, 0.25) is 0 Å². The Labute approximate surface area is 163 Å². The molecule has 118 valence electrons. The van der Waals surface area contributed by atoms with Crippen LogP contribution in [0.1, 0.15) is 47.1 Å². The zero-order chi connectivity index (χ0) is 15.4. The molecule has 0 aliphatic carbocycles. The van der Waals surface area contributed by atoms with Crippen molar-refractivity contribution in [2.45, 2.75) is 52.5 Å². The van der Waals surface area contributed by atoms with E-state index in [-0.39, 0.29) is 48.7 Å². The molecule has 2 aromatic heterocycles. The molecule has 0 atom stereocenters. The molecule has 0 aliphatic heterocycles. The molecule has 22 heavy (non-hydrogen) atoms. The average Bonchev–Trinajstić information content (AvgIpc) is 2.80. The van der Waals surface area contributed by atoms with Crippen molar-refractivity contribution in [3.63, 3.8) is 0 Å². The predicted octanol–water partition coefficient (Wildman–Crippen LogP) is 4.43. The van der Waals surface area contributed by atoms with Crippen LogP contribution in [0.5, 0.6) is 0 Å². The summed E-state index contributed by atoms with van der Waals surface area (Å²) in [5.74, 6) is 0. The van der Waals surface area contributed by atoms with Gasteiger partial charge in [-0.2, -0.15) is 0 Å². The Hall–Kier alpha value is -0.570. The largest absolute Gasteiger partial charge is 0.294 e.